The van der Waals surface area contributed by atoms with E-state index in [-0.39, 0.29) is 17.6 Å². The average molecular weight is 327 g/mol. The van der Waals surface area contributed by atoms with Crippen molar-refractivity contribution in [2.75, 3.05) is 11.9 Å². The first-order valence-corrected chi connectivity index (χ1v) is 7.44. The lowest BCUT2D eigenvalue weighted by atomic mass is 9.93. The van der Waals surface area contributed by atoms with Crippen LogP contribution in [0.15, 0.2) is 22.7 Å². The fourth-order valence-corrected chi connectivity index (χ4v) is 3.61. The summed E-state index contributed by atoms with van der Waals surface area (Å²) in [6.07, 6.45) is 3.50. The SMILES string of the molecule is O=C(Nc1ccc(Br)cc1F)C1NCC2CCCC21. The van der Waals surface area contributed by atoms with Crippen LogP contribution in [0.5, 0.6) is 0 Å². The topological polar surface area (TPSA) is 41.1 Å². The van der Waals surface area contributed by atoms with Crippen LogP contribution >= 0.6 is 15.9 Å². The Labute approximate surface area is 120 Å². The van der Waals surface area contributed by atoms with E-state index in [9.17, 15) is 9.18 Å². The second-order valence-electron chi connectivity index (χ2n) is 5.35. The highest BCUT2D eigenvalue weighted by Crippen LogP contribution is 2.38. The Bertz CT molecular complexity index is 508. The summed E-state index contributed by atoms with van der Waals surface area (Å²) in [6.45, 7) is 0.908. The molecular formula is C14H16BrFN2O. The maximum Gasteiger partial charge on any atom is 0.241 e. The molecular weight excluding hydrogens is 311 g/mol. The molecule has 0 radical (unpaired) electrons. The first-order chi connectivity index (χ1) is 9.15. The van der Waals surface area contributed by atoms with Crippen molar-refractivity contribution in [3.05, 3.63) is 28.5 Å². The van der Waals surface area contributed by atoms with Crippen LogP contribution in [-0.4, -0.2) is 18.5 Å². The zero-order valence-corrected chi connectivity index (χ0v) is 12.0. The van der Waals surface area contributed by atoms with Gasteiger partial charge in [-0.2, -0.15) is 0 Å². The number of hydrogen-bond acceptors (Lipinski definition) is 2. The Morgan fingerprint density at radius 2 is 2.26 bits per heavy atom. The number of anilines is 1. The van der Waals surface area contributed by atoms with Gasteiger partial charge < -0.3 is 10.6 Å². The zero-order valence-electron chi connectivity index (χ0n) is 10.5. The molecule has 1 amide bonds. The Morgan fingerprint density at radius 1 is 1.42 bits per heavy atom. The summed E-state index contributed by atoms with van der Waals surface area (Å²) in [5.74, 6) is 0.503. The summed E-state index contributed by atoms with van der Waals surface area (Å²) in [6, 6.07) is 4.49. The Hall–Kier alpha value is -0.940. The zero-order chi connectivity index (χ0) is 13.4. The highest BCUT2D eigenvalue weighted by molar-refractivity contribution is 9.10. The van der Waals surface area contributed by atoms with Crippen LogP contribution in [-0.2, 0) is 4.79 Å². The van der Waals surface area contributed by atoms with Gasteiger partial charge in [-0.3, -0.25) is 4.79 Å². The van der Waals surface area contributed by atoms with Crippen LogP contribution in [0.3, 0.4) is 0 Å². The minimum Gasteiger partial charge on any atom is -0.322 e. The highest BCUT2D eigenvalue weighted by atomic mass is 79.9. The second-order valence-corrected chi connectivity index (χ2v) is 6.27. The first-order valence-electron chi connectivity index (χ1n) is 6.64. The van der Waals surface area contributed by atoms with Gasteiger partial charge in [-0.1, -0.05) is 22.4 Å². The van der Waals surface area contributed by atoms with Crippen LogP contribution in [0, 0.1) is 17.7 Å². The molecule has 1 saturated carbocycles. The van der Waals surface area contributed by atoms with Gasteiger partial charge in [-0.25, -0.2) is 4.39 Å². The Kier molecular flexibility index (Phi) is 3.58. The van der Waals surface area contributed by atoms with Crippen molar-refractivity contribution in [2.24, 2.45) is 11.8 Å². The lowest BCUT2D eigenvalue weighted by Crippen LogP contribution is -2.39. The third-order valence-corrected chi connectivity index (χ3v) is 4.71. The van der Waals surface area contributed by atoms with Crippen LogP contribution < -0.4 is 10.6 Å². The number of amides is 1. The normalized spacial score (nSPS) is 29.3. The Morgan fingerprint density at radius 3 is 3.05 bits per heavy atom. The molecule has 3 rings (SSSR count). The predicted octanol–water partition coefficient (Wildman–Crippen LogP) is 2.91. The second kappa shape index (κ2) is 5.21. The van der Waals surface area contributed by atoms with Gasteiger partial charge in [-0.15, -0.1) is 0 Å². The van der Waals surface area contributed by atoms with Gasteiger partial charge in [0.25, 0.3) is 0 Å². The van der Waals surface area contributed by atoms with E-state index < -0.39 is 5.82 Å². The summed E-state index contributed by atoms with van der Waals surface area (Å²) in [4.78, 5) is 12.2. The molecule has 19 heavy (non-hydrogen) atoms. The maximum absolute atomic E-state index is 13.7. The molecule has 1 heterocycles. The number of rotatable bonds is 2. The molecule has 102 valence electrons. The van der Waals surface area contributed by atoms with Crippen LogP contribution in [0.25, 0.3) is 0 Å². The summed E-state index contributed by atoms with van der Waals surface area (Å²) in [5.41, 5.74) is 0.247. The summed E-state index contributed by atoms with van der Waals surface area (Å²) < 4.78 is 14.4. The minimum atomic E-state index is -0.413. The van der Waals surface area contributed by atoms with Gasteiger partial charge in [0.05, 0.1) is 11.7 Å². The van der Waals surface area contributed by atoms with Crippen molar-refractivity contribution in [3.63, 3.8) is 0 Å². The molecule has 3 nitrogen and oxygen atoms in total. The van der Waals surface area contributed by atoms with Gasteiger partial charge >= 0.3 is 0 Å². The van der Waals surface area contributed by atoms with Crippen molar-refractivity contribution < 1.29 is 9.18 Å². The van der Waals surface area contributed by atoms with Crippen LogP contribution in [0.2, 0.25) is 0 Å². The first kappa shape index (κ1) is 13.1. The molecule has 1 aliphatic heterocycles. The molecule has 1 aliphatic carbocycles. The third kappa shape index (κ3) is 2.54. The number of carbonyl (C=O) groups is 1. The molecule has 1 aromatic rings. The number of halogens is 2. The number of fused-ring (bicyclic) bond motifs is 1. The average Bonchev–Trinajstić information content (AvgIpc) is 2.94. The third-order valence-electron chi connectivity index (χ3n) is 4.22. The monoisotopic (exact) mass is 326 g/mol. The lowest BCUT2D eigenvalue weighted by Gasteiger charge is -2.18. The van der Waals surface area contributed by atoms with E-state index in [1.807, 2.05) is 0 Å². The largest absolute Gasteiger partial charge is 0.322 e. The van der Waals surface area contributed by atoms with E-state index in [4.69, 9.17) is 0 Å². The van der Waals surface area contributed by atoms with Gasteiger partial charge in [0.1, 0.15) is 5.82 Å². The van der Waals surface area contributed by atoms with E-state index >= 15 is 0 Å². The van der Waals surface area contributed by atoms with Gasteiger partial charge in [-0.05, 0) is 49.4 Å². The van der Waals surface area contributed by atoms with E-state index in [0.29, 0.717) is 16.3 Å². The van der Waals surface area contributed by atoms with Crippen LogP contribution in [0.4, 0.5) is 10.1 Å². The molecule has 1 saturated heterocycles. The molecule has 0 spiro atoms. The molecule has 0 aromatic heterocycles. The standard InChI is InChI=1S/C14H16BrFN2O/c15-9-4-5-12(11(16)6-9)18-14(19)13-10-3-1-2-8(10)7-17-13/h4-6,8,10,13,17H,1-3,7H2,(H,18,19). The van der Waals surface area contributed by atoms with Gasteiger partial charge in [0.2, 0.25) is 5.91 Å². The molecule has 0 bridgehead atoms. The van der Waals surface area contributed by atoms with Crippen molar-refractivity contribution in [1.29, 1.82) is 0 Å². The molecule has 3 atom stereocenters. The van der Waals surface area contributed by atoms with Gasteiger partial charge in [0.15, 0.2) is 0 Å². The van der Waals surface area contributed by atoms with Crippen molar-refractivity contribution >= 4 is 27.5 Å². The van der Waals surface area contributed by atoms with Gasteiger partial charge in [0, 0.05) is 4.47 Å². The highest BCUT2D eigenvalue weighted by Gasteiger charge is 2.42. The fourth-order valence-electron chi connectivity index (χ4n) is 3.28. The fraction of sp³-hybridized carbons (Fsp3) is 0.500. The Balaban J connectivity index is 1.71. The molecule has 1 aromatic carbocycles. The lowest BCUT2D eigenvalue weighted by molar-refractivity contribution is -0.118. The number of hydrogen-bond donors (Lipinski definition) is 2. The van der Waals surface area contributed by atoms with E-state index in [2.05, 4.69) is 26.6 Å². The quantitative estimate of drug-likeness (QED) is 0.877. The maximum atomic E-state index is 13.7. The number of nitrogens with one attached hydrogen (secondary N) is 2. The predicted molar refractivity (Wildman–Crippen MR) is 75.4 cm³/mol. The van der Waals surface area contributed by atoms with Crippen molar-refractivity contribution in [3.8, 4) is 0 Å². The molecule has 2 aliphatic rings. The van der Waals surface area contributed by atoms with Crippen molar-refractivity contribution in [1.82, 2.24) is 5.32 Å². The van der Waals surface area contributed by atoms with E-state index in [0.717, 1.165) is 13.0 Å². The molecule has 3 unspecified atom stereocenters. The van der Waals surface area contributed by atoms with E-state index in [1.165, 1.54) is 18.9 Å². The van der Waals surface area contributed by atoms with Crippen LogP contribution in [0.1, 0.15) is 19.3 Å². The molecule has 5 heteroatoms. The number of benzene rings is 1. The summed E-state index contributed by atoms with van der Waals surface area (Å²) >= 11 is 3.20. The number of carbonyl (C=O) groups excluding carboxylic acids is 1. The van der Waals surface area contributed by atoms with Crippen molar-refractivity contribution in [2.45, 2.75) is 25.3 Å². The molecule has 2 N–H and O–H groups in total. The smallest absolute Gasteiger partial charge is 0.241 e. The summed E-state index contributed by atoms with van der Waals surface area (Å²) in [7, 11) is 0. The minimum absolute atomic E-state index is 0.115. The van der Waals surface area contributed by atoms with E-state index in [1.54, 1.807) is 12.1 Å². The summed E-state index contributed by atoms with van der Waals surface area (Å²) in [5, 5.41) is 5.96. The molecule has 2 fully saturated rings.